The molecule has 0 bridgehead atoms. The van der Waals surface area contributed by atoms with Crippen LogP contribution in [0.4, 0.5) is 0 Å². The first kappa shape index (κ1) is 23.5. The lowest BCUT2D eigenvalue weighted by atomic mass is 9.79. The van der Waals surface area contributed by atoms with Crippen molar-refractivity contribution < 1.29 is 9.84 Å². The Labute approximate surface area is 174 Å². The number of hydrogen-bond donors (Lipinski definition) is 1. The number of rotatable bonds is 12. The first-order chi connectivity index (χ1) is 13.4. The quantitative estimate of drug-likeness (QED) is 0.346. The molecule has 2 aliphatic rings. The second kappa shape index (κ2) is 12.1. The summed E-state index contributed by atoms with van der Waals surface area (Å²) in [6, 6.07) is 0. The second-order valence-electron chi connectivity index (χ2n) is 9.84. The number of fused-ring (bicyclic) bond motifs is 1. The standard InChI is InChI=1S/C26H46O2/c1-19(2)15-13-11-9-7-6-8-10-12-14-16-23-17-18-24-22(5)25(27)20(3)21(4)26(24)28-23/h19-20,23,25,27H,6-18H2,1-5H3. The Morgan fingerprint density at radius 1 is 0.893 bits per heavy atom. The average molecular weight is 391 g/mol. The fourth-order valence-electron chi connectivity index (χ4n) is 4.79. The summed E-state index contributed by atoms with van der Waals surface area (Å²) in [6.07, 6.45) is 17.4. The summed E-state index contributed by atoms with van der Waals surface area (Å²) in [6.45, 7) is 11.0. The summed E-state index contributed by atoms with van der Waals surface area (Å²) in [5.41, 5.74) is 3.66. The van der Waals surface area contributed by atoms with Crippen molar-refractivity contribution >= 4 is 0 Å². The maximum Gasteiger partial charge on any atom is 0.122 e. The molecule has 1 aliphatic carbocycles. The highest BCUT2D eigenvalue weighted by atomic mass is 16.5. The zero-order chi connectivity index (χ0) is 20.5. The van der Waals surface area contributed by atoms with Gasteiger partial charge in [-0.25, -0.2) is 0 Å². The predicted octanol–water partition coefficient (Wildman–Crippen LogP) is 7.71. The van der Waals surface area contributed by atoms with Crippen LogP contribution in [0.3, 0.4) is 0 Å². The van der Waals surface area contributed by atoms with Gasteiger partial charge in [-0.2, -0.15) is 0 Å². The van der Waals surface area contributed by atoms with Gasteiger partial charge in [-0.3, -0.25) is 0 Å². The van der Waals surface area contributed by atoms with Gasteiger partial charge in [0.15, 0.2) is 0 Å². The van der Waals surface area contributed by atoms with Crippen LogP contribution in [0.15, 0.2) is 22.5 Å². The first-order valence-electron chi connectivity index (χ1n) is 12.2. The monoisotopic (exact) mass is 390 g/mol. The van der Waals surface area contributed by atoms with Gasteiger partial charge in [-0.1, -0.05) is 78.6 Å². The molecule has 0 radical (unpaired) electrons. The molecule has 2 nitrogen and oxygen atoms in total. The minimum atomic E-state index is -0.325. The van der Waals surface area contributed by atoms with Gasteiger partial charge in [-0.15, -0.1) is 0 Å². The van der Waals surface area contributed by atoms with Crippen molar-refractivity contribution in [2.75, 3.05) is 0 Å². The van der Waals surface area contributed by atoms with Crippen molar-refractivity contribution in [3.63, 3.8) is 0 Å². The lowest BCUT2D eigenvalue weighted by Crippen LogP contribution is -2.31. The van der Waals surface area contributed by atoms with Crippen molar-refractivity contribution in [3.05, 3.63) is 22.5 Å². The van der Waals surface area contributed by atoms with Gasteiger partial charge in [0.1, 0.15) is 5.76 Å². The number of ether oxygens (including phenoxy) is 1. The fraction of sp³-hybridized carbons (Fsp3) is 0.846. The third-order valence-corrected chi connectivity index (χ3v) is 7.02. The van der Waals surface area contributed by atoms with Crippen LogP contribution in [-0.4, -0.2) is 17.3 Å². The van der Waals surface area contributed by atoms with Crippen LogP contribution in [0.25, 0.3) is 0 Å². The van der Waals surface area contributed by atoms with Crippen LogP contribution in [0.2, 0.25) is 0 Å². The minimum absolute atomic E-state index is 0.183. The summed E-state index contributed by atoms with van der Waals surface area (Å²) < 4.78 is 6.40. The van der Waals surface area contributed by atoms with Gasteiger partial charge < -0.3 is 9.84 Å². The van der Waals surface area contributed by atoms with Crippen LogP contribution in [0, 0.1) is 11.8 Å². The SMILES string of the molecule is CC1=C2OC(CCCCCCCCCCCC(C)C)CCC2=C(C)C(O)C1C. The molecule has 3 unspecified atom stereocenters. The number of allylic oxidation sites excluding steroid dienone is 1. The van der Waals surface area contributed by atoms with Crippen molar-refractivity contribution in [1.82, 2.24) is 0 Å². The van der Waals surface area contributed by atoms with Crippen molar-refractivity contribution in [3.8, 4) is 0 Å². The van der Waals surface area contributed by atoms with Crippen LogP contribution in [0.5, 0.6) is 0 Å². The van der Waals surface area contributed by atoms with E-state index in [1.165, 1.54) is 81.8 Å². The van der Waals surface area contributed by atoms with Gasteiger partial charge in [0.05, 0.1) is 12.2 Å². The van der Waals surface area contributed by atoms with E-state index in [0.717, 1.165) is 30.1 Å². The zero-order valence-electron chi connectivity index (χ0n) is 19.4. The topological polar surface area (TPSA) is 29.5 Å². The molecule has 1 heterocycles. The highest BCUT2D eigenvalue weighted by molar-refractivity contribution is 5.42. The number of aliphatic hydroxyl groups is 1. The van der Waals surface area contributed by atoms with Gasteiger partial charge in [0.2, 0.25) is 0 Å². The number of aliphatic hydroxyl groups excluding tert-OH is 1. The van der Waals surface area contributed by atoms with Gasteiger partial charge in [-0.05, 0) is 62.2 Å². The van der Waals surface area contributed by atoms with Gasteiger partial charge in [0.25, 0.3) is 0 Å². The van der Waals surface area contributed by atoms with Crippen LogP contribution < -0.4 is 0 Å². The molecule has 0 saturated carbocycles. The molecule has 0 aromatic carbocycles. The summed E-state index contributed by atoms with van der Waals surface area (Å²) >= 11 is 0. The third kappa shape index (κ3) is 6.94. The second-order valence-corrected chi connectivity index (χ2v) is 9.84. The predicted molar refractivity (Wildman–Crippen MR) is 120 cm³/mol. The molecule has 1 fully saturated rings. The Balaban J connectivity index is 1.55. The minimum Gasteiger partial charge on any atom is -0.490 e. The first-order valence-corrected chi connectivity index (χ1v) is 12.2. The Morgan fingerprint density at radius 2 is 1.46 bits per heavy atom. The van der Waals surface area contributed by atoms with E-state index in [1.807, 2.05) is 0 Å². The largest absolute Gasteiger partial charge is 0.490 e. The zero-order valence-corrected chi connectivity index (χ0v) is 19.4. The molecule has 3 atom stereocenters. The molecule has 0 spiro atoms. The van der Waals surface area contributed by atoms with E-state index in [4.69, 9.17) is 4.74 Å². The fourth-order valence-corrected chi connectivity index (χ4v) is 4.79. The van der Waals surface area contributed by atoms with Crippen LogP contribution in [0.1, 0.15) is 118 Å². The van der Waals surface area contributed by atoms with Gasteiger partial charge in [0, 0.05) is 5.92 Å². The van der Waals surface area contributed by atoms with E-state index in [2.05, 4.69) is 34.6 Å². The molecule has 1 saturated heterocycles. The Morgan fingerprint density at radius 3 is 2.07 bits per heavy atom. The molecule has 28 heavy (non-hydrogen) atoms. The summed E-state index contributed by atoms with van der Waals surface area (Å²) in [5.74, 6) is 2.17. The molecule has 2 rings (SSSR count). The highest BCUT2D eigenvalue weighted by Crippen LogP contribution is 2.41. The summed E-state index contributed by atoms with van der Waals surface area (Å²) in [4.78, 5) is 0. The smallest absolute Gasteiger partial charge is 0.122 e. The Hall–Kier alpha value is -0.760. The lowest BCUT2D eigenvalue weighted by Gasteiger charge is -2.37. The van der Waals surface area contributed by atoms with Crippen LogP contribution >= 0.6 is 0 Å². The Kier molecular flexibility index (Phi) is 10.1. The molecule has 1 N–H and O–H groups in total. The molecule has 1 aliphatic heterocycles. The molecule has 0 aromatic rings. The van der Waals surface area contributed by atoms with Crippen molar-refractivity contribution in [1.29, 1.82) is 0 Å². The van der Waals surface area contributed by atoms with E-state index < -0.39 is 0 Å². The van der Waals surface area contributed by atoms with E-state index >= 15 is 0 Å². The van der Waals surface area contributed by atoms with E-state index in [0.29, 0.717) is 6.10 Å². The maximum atomic E-state index is 10.4. The van der Waals surface area contributed by atoms with E-state index in [1.54, 1.807) is 0 Å². The van der Waals surface area contributed by atoms with E-state index in [-0.39, 0.29) is 12.0 Å². The molecule has 0 aromatic heterocycles. The summed E-state index contributed by atoms with van der Waals surface area (Å²) in [7, 11) is 0. The number of unbranched alkanes of at least 4 members (excludes halogenated alkanes) is 8. The highest BCUT2D eigenvalue weighted by Gasteiger charge is 2.34. The average Bonchev–Trinajstić information content (AvgIpc) is 2.68. The van der Waals surface area contributed by atoms with E-state index in [9.17, 15) is 5.11 Å². The van der Waals surface area contributed by atoms with Gasteiger partial charge >= 0.3 is 0 Å². The van der Waals surface area contributed by atoms with Crippen molar-refractivity contribution in [2.45, 2.75) is 130 Å². The van der Waals surface area contributed by atoms with Crippen LogP contribution in [-0.2, 0) is 4.74 Å². The molecule has 2 heteroatoms. The molecular formula is C26H46O2. The molecule has 162 valence electrons. The molecule has 0 amide bonds. The lowest BCUT2D eigenvalue weighted by molar-refractivity contribution is 0.0696. The normalized spacial score (nSPS) is 25.3. The number of hydrogen-bond acceptors (Lipinski definition) is 2. The molecular weight excluding hydrogens is 344 g/mol. The third-order valence-electron chi connectivity index (χ3n) is 7.02. The Bertz CT molecular complexity index is 529. The maximum absolute atomic E-state index is 10.4. The van der Waals surface area contributed by atoms with Crippen molar-refractivity contribution in [2.24, 2.45) is 11.8 Å². The summed E-state index contributed by atoms with van der Waals surface area (Å²) in [5, 5.41) is 10.4.